The van der Waals surface area contributed by atoms with E-state index in [4.69, 9.17) is 4.42 Å². The van der Waals surface area contributed by atoms with Crippen LogP contribution in [-0.4, -0.2) is 16.4 Å². The molecule has 2 amide bonds. The molecule has 0 spiro atoms. The van der Waals surface area contributed by atoms with Crippen LogP contribution in [0, 0.1) is 6.92 Å². The second-order valence-electron chi connectivity index (χ2n) is 5.90. The number of nitrogens with one attached hydrogen (secondary N) is 2. The van der Waals surface area contributed by atoms with Gasteiger partial charge in [-0.05, 0) is 31.2 Å². The molecule has 1 aromatic carbocycles. The summed E-state index contributed by atoms with van der Waals surface area (Å²) < 4.78 is 6.75. The molecule has 0 fully saturated rings. The van der Waals surface area contributed by atoms with Gasteiger partial charge in [0, 0.05) is 24.0 Å². The van der Waals surface area contributed by atoms with Crippen molar-refractivity contribution in [3.8, 4) is 0 Å². The molecule has 0 aliphatic carbocycles. The Kier molecular flexibility index (Phi) is 5.87. The molecule has 0 saturated carbocycles. The summed E-state index contributed by atoms with van der Waals surface area (Å²) in [5.41, 5.74) is 1.62. The third-order valence-electron chi connectivity index (χ3n) is 3.99. The van der Waals surface area contributed by atoms with Crippen molar-refractivity contribution in [1.82, 2.24) is 9.88 Å². The minimum atomic E-state index is -0.313. The van der Waals surface area contributed by atoms with E-state index >= 15 is 0 Å². The highest BCUT2D eigenvalue weighted by atomic mass is 32.1. The van der Waals surface area contributed by atoms with Crippen molar-refractivity contribution in [3.63, 3.8) is 0 Å². The lowest BCUT2D eigenvalue weighted by molar-refractivity contribution is -0.116. The molecule has 7 nitrogen and oxygen atoms in total. The Labute approximate surface area is 159 Å². The maximum atomic E-state index is 12.4. The second kappa shape index (κ2) is 8.50. The summed E-state index contributed by atoms with van der Waals surface area (Å²) in [6, 6.07) is 10.3. The number of para-hydroxylation sites is 1. The van der Waals surface area contributed by atoms with Gasteiger partial charge in [-0.3, -0.25) is 14.4 Å². The van der Waals surface area contributed by atoms with E-state index in [2.05, 4.69) is 10.6 Å². The topological polar surface area (TPSA) is 93.3 Å². The van der Waals surface area contributed by atoms with Gasteiger partial charge in [-0.2, -0.15) is 0 Å². The van der Waals surface area contributed by atoms with E-state index in [1.54, 1.807) is 46.3 Å². The van der Waals surface area contributed by atoms with Gasteiger partial charge < -0.3 is 19.6 Å². The van der Waals surface area contributed by atoms with Gasteiger partial charge in [0.05, 0.1) is 24.1 Å². The van der Waals surface area contributed by atoms with Crippen LogP contribution < -0.4 is 15.5 Å². The van der Waals surface area contributed by atoms with Crippen molar-refractivity contribution in [3.05, 3.63) is 74.7 Å². The van der Waals surface area contributed by atoms with Gasteiger partial charge in [0.2, 0.25) is 5.91 Å². The van der Waals surface area contributed by atoms with Crippen LogP contribution in [0.15, 0.2) is 57.3 Å². The monoisotopic (exact) mass is 385 g/mol. The lowest BCUT2D eigenvalue weighted by Crippen LogP contribution is -2.25. The van der Waals surface area contributed by atoms with Crippen molar-refractivity contribution in [1.29, 1.82) is 0 Å². The highest BCUT2D eigenvalue weighted by Gasteiger charge is 2.14. The molecule has 0 unspecified atom stereocenters. The molecule has 3 aromatic rings. The third-order valence-corrected chi connectivity index (χ3v) is 4.87. The Bertz CT molecular complexity index is 989. The van der Waals surface area contributed by atoms with E-state index in [-0.39, 0.29) is 29.7 Å². The number of hydrogen-bond donors (Lipinski definition) is 2. The second-order valence-corrected chi connectivity index (χ2v) is 6.72. The summed E-state index contributed by atoms with van der Waals surface area (Å²) in [5.74, 6) is 0.0624. The van der Waals surface area contributed by atoms with Gasteiger partial charge in [-0.1, -0.05) is 23.5 Å². The smallest absolute Gasteiger partial charge is 0.307 e. The molecular weight excluding hydrogens is 366 g/mol. The predicted octanol–water partition coefficient (Wildman–Crippen LogP) is 2.77. The lowest BCUT2D eigenvalue weighted by Gasteiger charge is -2.11. The maximum Gasteiger partial charge on any atom is 0.307 e. The standard InChI is InChI=1S/C19H19N3O4S/c1-13-12-27-19(25)22(13)9-8-17(23)21-16-7-3-2-6-15(16)18(24)20-11-14-5-4-10-26-14/h2-7,10,12H,8-9,11H2,1H3,(H,20,24)(H,21,23). The zero-order chi connectivity index (χ0) is 19.2. The van der Waals surface area contributed by atoms with Crippen molar-refractivity contribution >= 4 is 28.8 Å². The number of carbonyl (C=O) groups is 2. The molecule has 0 radical (unpaired) electrons. The van der Waals surface area contributed by atoms with E-state index in [1.807, 2.05) is 6.92 Å². The number of rotatable bonds is 7. The van der Waals surface area contributed by atoms with Crippen LogP contribution in [0.5, 0.6) is 0 Å². The third kappa shape index (κ3) is 4.73. The molecule has 27 heavy (non-hydrogen) atoms. The van der Waals surface area contributed by atoms with Crippen LogP contribution in [0.25, 0.3) is 0 Å². The van der Waals surface area contributed by atoms with Crippen molar-refractivity contribution in [2.45, 2.75) is 26.4 Å². The normalized spacial score (nSPS) is 10.6. The summed E-state index contributed by atoms with van der Waals surface area (Å²) in [6.45, 7) is 2.38. The first-order valence-electron chi connectivity index (χ1n) is 8.39. The molecular formula is C19H19N3O4S. The molecule has 3 rings (SSSR count). The summed E-state index contributed by atoms with van der Waals surface area (Å²) in [4.78, 5) is 36.3. The van der Waals surface area contributed by atoms with Crippen LogP contribution in [0.4, 0.5) is 5.69 Å². The SMILES string of the molecule is Cc1csc(=O)n1CCC(=O)Nc1ccccc1C(=O)NCc1ccco1. The summed E-state index contributed by atoms with van der Waals surface area (Å²) in [7, 11) is 0. The highest BCUT2D eigenvalue weighted by molar-refractivity contribution is 7.07. The molecule has 2 heterocycles. The Morgan fingerprint density at radius 1 is 1.19 bits per heavy atom. The molecule has 140 valence electrons. The Hall–Kier alpha value is -3.13. The number of furan rings is 1. The number of benzene rings is 1. The first-order chi connectivity index (χ1) is 13.0. The van der Waals surface area contributed by atoms with E-state index in [0.717, 1.165) is 17.0 Å². The van der Waals surface area contributed by atoms with E-state index in [0.29, 0.717) is 23.6 Å². The van der Waals surface area contributed by atoms with Gasteiger partial charge in [-0.25, -0.2) is 0 Å². The zero-order valence-corrected chi connectivity index (χ0v) is 15.5. The fraction of sp³-hybridized carbons (Fsp3) is 0.211. The molecule has 0 aliphatic rings. The average molecular weight is 385 g/mol. The van der Waals surface area contributed by atoms with Gasteiger partial charge >= 0.3 is 4.87 Å². The average Bonchev–Trinajstić information content (AvgIpc) is 3.29. The molecule has 0 aliphatic heterocycles. The molecule has 2 aromatic heterocycles. The number of anilines is 1. The number of hydrogen-bond acceptors (Lipinski definition) is 5. The van der Waals surface area contributed by atoms with Gasteiger partial charge in [0.15, 0.2) is 0 Å². The van der Waals surface area contributed by atoms with E-state index in [1.165, 1.54) is 6.26 Å². The Morgan fingerprint density at radius 2 is 2.00 bits per heavy atom. The van der Waals surface area contributed by atoms with Gasteiger partial charge in [0.25, 0.3) is 5.91 Å². The van der Waals surface area contributed by atoms with Gasteiger partial charge in [-0.15, -0.1) is 0 Å². The van der Waals surface area contributed by atoms with Gasteiger partial charge in [0.1, 0.15) is 5.76 Å². The number of thiazole rings is 1. The first-order valence-corrected chi connectivity index (χ1v) is 9.27. The van der Waals surface area contributed by atoms with Crippen LogP contribution in [0.3, 0.4) is 0 Å². The highest BCUT2D eigenvalue weighted by Crippen LogP contribution is 2.16. The van der Waals surface area contributed by atoms with Crippen LogP contribution in [0.2, 0.25) is 0 Å². The summed E-state index contributed by atoms with van der Waals surface area (Å²) in [6.07, 6.45) is 1.68. The van der Waals surface area contributed by atoms with Crippen molar-refractivity contribution in [2.24, 2.45) is 0 Å². The molecule has 0 atom stereocenters. The predicted molar refractivity (Wildman–Crippen MR) is 103 cm³/mol. The lowest BCUT2D eigenvalue weighted by atomic mass is 10.1. The molecule has 0 saturated heterocycles. The molecule has 0 bridgehead atoms. The summed E-state index contributed by atoms with van der Waals surface area (Å²) in [5, 5.41) is 7.27. The molecule has 8 heteroatoms. The maximum absolute atomic E-state index is 12.4. The number of nitrogens with zero attached hydrogens (tertiary/aromatic N) is 1. The van der Waals surface area contributed by atoms with E-state index in [9.17, 15) is 14.4 Å². The van der Waals surface area contributed by atoms with E-state index < -0.39 is 0 Å². The van der Waals surface area contributed by atoms with Crippen LogP contribution in [-0.2, 0) is 17.9 Å². The number of aromatic nitrogens is 1. The fourth-order valence-electron chi connectivity index (χ4n) is 2.57. The number of carbonyl (C=O) groups excluding carboxylic acids is 2. The number of aryl methyl sites for hydroxylation is 1. The number of amides is 2. The van der Waals surface area contributed by atoms with Crippen LogP contribution >= 0.6 is 11.3 Å². The zero-order valence-electron chi connectivity index (χ0n) is 14.7. The largest absolute Gasteiger partial charge is 0.467 e. The first kappa shape index (κ1) is 18.7. The fourth-order valence-corrected chi connectivity index (χ4v) is 3.33. The minimum absolute atomic E-state index is 0.0852. The quantitative estimate of drug-likeness (QED) is 0.654. The van der Waals surface area contributed by atoms with Crippen molar-refractivity contribution in [2.75, 3.05) is 5.32 Å². The Morgan fingerprint density at radius 3 is 2.70 bits per heavy atom. The summed E-state index contributed by atoms with van der Waals surface area (Å²) >= 11 is 1.11. The van der Waals surface area contributed by atoms with Crippen molar-refractivity contribution < 1.29 is 14.0 Å². The van der Waals surface area contributed by atoms with Crippen LogP contribution in [0.1, 0.15) is 28.2 Å². The minimum Gasteiger partial charge on any atom is -0.467 e. The molecule has 2 N–H and O–H groups in total. The Balaban J connectivity index is 1.62.